The summed E-state index contributed by atoms with van der Waals surface area (Å²) >= 11 is 0. The number of pyridine rings is 1. The molecular weight excluding hydrogens is 274 g/mol. The second-order valence-corrected chi connectivity index (χ2v) is 5.12. The van der Waals surface area contributed by atoms with Crippen LogP contribution in [-0.4, -0.2) is 17.4 Å². The van der Waals surface area contributed by atoms with Crippen LogP contribution in [-0.2, 0) is 6.42 Å². The lowest BCUT2D eigenvalue weighted by Gasteiger charge is -2.13. The van der Waals surface area contributed by atoms with Crippen molar-refractivity contribution < 1.29 is 4.79 Å². The number of rotatable bonds is 4. The molecule has 2 aromatic carbocycles. The molecule has 1 heterocycles. The average molecular weight is 291 g/mol. The van der Waals surface area contributed by atoms with Gasteiger partial charge in [0.15, 0.2) is 0 Å². The zero-order valence-electron chi connectivity index (χ0n) is 12.1. The normalized spacial score (nSPS) is 10.8. The maximum absolute atomic E-state index is 12.0. The third-order valence-corrected chi connectivity index (χ3v) is 3.73. The highest BCUT2D eigenvalue weighted by Gasteiger charge is 2.16. The van der Waals surface area contributed by atoms with Gasteiger partial charge in [-0.1, -0.05) is 42.5 Å². The molecule has 0 saturated heterocycles. The van der Waals surface area contributed by atoms with Gasteiger partial charge in [-0.2, -0.15) is 0 Å². The van der Waals surface area contributed by atoms with E-state index in [1.54, 1.807) is 6.20 Å². The van der Waals surface area contributed by atoms with Gasteiger partial charge in [0, 0.05) is 17.1 Å². The van der Waals surface area contributed by atoms with Gasteiger partial charge in [0.25, 0.3) is 0 Å². The highest BCUT2D eigenvalue weighted by atomic mass is 16.1. The predicted molar refractivity (Wildman–Crippen MR) is 88.5 cm³/mol. The molecule has 0 atom stereocenters. The second kappa shape index (κ2) is 5.95. The Hall–Kier alpha value is -2.72. The molecule has 0 aliphatic rings. The fourth-order valence-corrected chi connectivity index (χ4v) is 2.80. The number of carbonyl (C=O) groups is 1. The van der Waals surface area contributed by atoms with Crippen LogP contribution in [0.4, 0.5) is 0 Å². The number of para-hydroxylation sites is 1. The number of hydrogen-bond acceptors (Lipinski definition) is 3. The van der Waals surface area contributed by atoms with Crippen LogP contribution in [0.5, 0.6) is 0 Å². The number of hydrogen-bond donors (Lipinski definition) is 2. The van der Waals surface area contributed by atoms with Gasteiger partial charge < -0.3 is 11.5 Å². The van der Waals surface area contributed by atoms with E-state index in [4.69, 9.17) is 11.5 Å². The highest BCUT2D eigenvalue weighted by molar-refractivity contribution is 6.05. The van der Waals surface area contributed by atoms with Crippen molar-refractivity contribution in [2.75, 3.05) is 6.54 Å². The number of fused-ring (bicyclic) bond motifs is 1. The largest absolute Gasteiger partial charge is 0.366 e. The molecular formula is C18H17N3O. The van der Waals surface area contributed by atoms with Crippen molar-refractivity contribution in [2.45, 2.75) is 6.42 Å². The maximum atomic E-state index is 12.0. The van der Waals surface area contributed by atoms with Crippen LogP contribution < -0.4 is 11.5 Å². The number of aromatic nitrogens is 1. The van der Waals surface area contributed by atoms with Gasteiger partial charge in [-0.25, -0.2) is 0 Å². The number of nitrogens with two attached hydrogens (primary N) is 2. The highest BCUT2D eigenvalue weighted by Crippen LogP contribution is 2.31. The summed E-state index contributed by atoms with van der Waals surface area (Å²) in [6.07, 6.45) is 2.36. The van der Waals surface area contributed by atoms with Crippen molar-refractivity contribution >= 4 is 16.8 Å². The molecule has 0 saturated carbocycles. The van der Waals surface area contributed by atoms with Crippen molar-refractivity contribution in [3.63, 3.8) is 0 Å². The molecule has 1 amide bonds. The Kier molecular flexibility index (Phi) is 3.85. The van der Waals surface area contributed by atoms with E-state index in [2.05, 4.69) is 4.98 Å². The van der Waals surface area contributed by atoms with Gasteiger partial charge in [-0.05, 0) is 30.2 Å². The topological polar surface area (TPSA) is 82.0 Å². The summed E-state index contributed by atoms with van der Waals surface area (Å²) in [6.45, 7) is 0.470. The number of amides is 1. The first-order valence-electron chi connectivity index (χ1n) is 7.18. The molecule has 0 spiro atoms. The van der Waals surface area contributed by atoms with Crippen molar-refractivity contribution in [3.05, 3.63) is 65.9 Å². The van der Waals surface area contributed by atoms with Gasteiger partial charge in [0.05, 0.1) is 11.1 Å². The molecule has 22 heavy (non-hydrogen) atoms. The van der Waals surface area contributed by atoms with Crippen LogP contribution >= 0.6 is 0 Å². The summed E-state index contributed by atoms with van der Waals surface area (Å²) in [5.74, 6) is -0.438. The second-order valence-electron chi connectivity index (χ2n) is 5.12. The lowest BCUT2D eigenvalue weighted by atomic mass is 9.92. The molecule has 0 unspecified atom stereocenters. The predicted octanol–water partition coefficient (Wildman–Crippen LogP) is 2.50. The van der Waals surface area contributed by atoms with E-state index in [0.717, 1.165) is 27.6 Å². The lowest BCUT2D eigenvalue weighted by molar-refractivity contribution is 0.1000. The third kappa shape index (κ3) is 2.44. The molecule has 0 fully saturated rings. The van der Waals surface area contributed by atoms with E-state index in [9.17, 15) is 4.79 Å². The first-order valence-corrected chi connectivity index (χ1v) is 7.18. The number of benzene rings is 2. The summed E-state index contributed by atoms with van der Waals surface area (Å²) < 4.78 is 0. The Morgan fingerprint density at radius 1 is 1.00 bits per heavy atom. The minimum absolute atomic E-state index is 0.438. The van der Waals surface area contributed by atoms with E-state index in [1.807, 2.05) is 48.5 Å². The average Bonchev–Trinajstić information content (AvgIpc) is 2.54. The van der Waals surface area contributed by atoms with E-state index in [0.29, 0.717) is 18.5 Å². The molecule has 3 aromatic rings. The molecule has 1 aromatic heterocycles. The van der Waals surface area contributed by atoms with Crippen LogP contribution in [0.25, 0.3) is 22.0 Å². The van der Waals surface area contributed by atoms with Gasteiger partial charge in [0.1, 0.15) is 0 Å². The molecule has 4 nitrogen and oxygen atoms in total. The summed E-state index contributed by atoms with van der Waals surface area (Å²) in [7, 11) is 0. The Morgan fingerprint density at radius 3 is 2.50 bits per heavy atom. The molecule has 3 rings (SSSR count). The Bertz CT molecular complexity index is 837. The minimum Gasteiger partial charge on any atom is -0.366 e. The Labute approximate surface area is 128 Å². The summed E-state index contributed by atoms with van der Waals surface area (Å²) in [5.41, 5.74) is 15.3. The van der Waals surface area contributed by atoms with E-state index >= 15 is 0 Å². The quantitative estimate of drug-likeness (QED) is 0.774. The SMILES string of the molecule is NCCc1cccc(-c2cccc3cccnc23)c1C(N)=O. The fraction of sp³-hybridized carbons (Fsp3) is 0.111. The monoisotopic (exact) mass is 291 g/mol. The zero-order chi connectivity index (χ0) is 15.5. The summed E-state index contributed by atoms with van der Waals surface area (Å²) in [6, 6.07) is 15.5. The fourth-order valence-electron chi connectivity index (χ4n) is 2.80. The van der Waals surface area contributed by atoms with Crippen molar-refractivity contribution in [1.82, 2.24) is 4.98 Å². The van der Waals surface area contributed by atoms with Crippen molar-refractivity contribution in [3.8, 4) is 11.1 Å². The van der Waals surface area contributed by atoms with Crippen LogP contribution in [0.15, 0.2) is 54.7 Å². The molecule has 110 valence electrons. The van der Waals surface area contributed by atoms with Crippen LogP contribution in [0.2, 0.25) is 0 Å². The van der Waals surface area contributed by atoms with Gasteiger partial charge in [-0.15, -0.1) is 0 Å². The van der Waals surface area contributed by atoms with Crippen molar-refractivity contribution in [1.29, 1.82) is 0 Å². The summed E-state index contributed by atoms with van der Waals surface area (Å²) in [5, 5.41) is 1.03. The molecule has 4 N–H and O–H groups in total. The Morgan fingerprint density at radius 2 is 1.73 bits per heavy atom. The third-order valence-electron chi connectivity index (χ3n) is 3.73. The van der Waals surface area contributed by atoms with Crippen LogP contribution in [0, 0.1) is 0 Å². The summed E-state index contributed by atoms with van der Waals surface area (Å²) in [4.78, 5) is 16.4. The first kappa shape index (κ1) is 14.2. The Balaban J connectivity index is 2.31. The van der Waals surface area contributed by atoms with Gasteiger partial charge >= 0.3 is 0 Å². The van der Waals surface area contributed by atoms with Crippen LogP contribution in [0.3, 0.4) is 0 Å². The van der Waals surface area contributed by atoms with Gasteiger partial charge in [0.2, 0.25) is 5.91 Å². The molecule has 0 bridgehead atoms. The van der Waals surface area contributed by atoms with E-state index in [1.165, 1.54) is 0 Å². The zero-order valence-corrected chi connectivity index (χ0v) is 12.1. The number of nitrogens with zero attached hydrogens (tertiary/aromatic N) is 1. The maximum Gasteiger partial charge on any atom is 0.249 e. The number of primary amides is 1. The van der Waals surface area contributed by atoms with Crippen molar-refractivity contribution in [2.24, 2.45) is 11.5 Å². The van der Waals surface area contributed by atoms with E-state index in [-0.39, 0.29) is 0 Å². The smallest absolute Gasteiger partial charge is 0.249 e. The standard InChI is InChI=1S/C18H17N3O/c19-10-9-12-4-1-7-14(16(12)18(20)22)15-8-2-5-13-6-3-11-21-17(13)15/h1-8,11H,9-10,19H2,(H2,20,22). The molecule has 0 aliphatic heterocycles. The minimum atomic E-state index is -0.438. The number of carbonyl (C=O) groups excluding carboxylic acids is 1. The lowest BCUT2D eigenvalue weighted by Crippen LogP contribution is -2.17. The molecule has 4 heteroatoms. The van der Waals surface area contributed by atoms with Gasteiger partial charge in [-0.3, -0.25) is 9.78 Å². The first-order chi connectivity index (χ1) is 10.7. The molecule has 0 aliphatic carbocycles. The van der Waals surface area contributed by atoms with E-state index < -0.39 is 5.91 Å². The van der Waals surface area contributed by atoms with Crippen LogP contribution in [0.1, 0.15) is 15.9 Å². The molecule has 0 radical (unpaired) electrons.